The highest BCUT2D eigenvalue weighted by Crippen LogP contribution is 2.33. The van der Waals surface area contributed by atoms with Gasteiger partial charge in [-0.1, -0.05) is 49.4 Å². The SMILES string of the molecule is CCNC(=O)[C@@H](CC)N(Cc1ccc(OC)cc1)C(=O)CN(c1ccccc1OCC)S(=O)(=O)c1ccccc1. The highest BCUT2D eigenvalue weighted by atomic mass is 32.2. The Bertz CT molecular complexity index is 1360. The van der Waals surface area contributed by atoms with Crippen molar-refractivity contribution in [1.29, 1.82) is 0 Å². The van der Waals surface area contributed by atoms with Crippen molar-refractivity contribution in [2.75, 3.05) is 31.1 Å². The normalized spacial score (nSPS) is 11.8. The Kier molecular flexibility index (Phi) is 11.0. The zero-order valence-electron chi connectivity index (χ0n) is 23.4. The Balaban J connectivity index is 2.08. The molecule has 0 aliphatic heterocycles. The van der Waals surface area contributed by atoms with Crippen LogP contribution in [0.4, 0.5) is 5.69 Å². The first-order valence-electron chi connectivity index (χ1n) is 13.3. The summed E-state index contributed by atoms with van der Waals surface area (Å²) in [7, 11) is -2.62. The van der Waals surface area contributed by atoms with Crippen LogP contribution in [0.2, 0.25) is 0 Å². The minimum absolute atomic E-state index is 0.0339. The molecule has 0 aromatic heterocycles. The maximum atomic E-state index is 14.1. The van der Waals surface area contributed by atoms with Crippen LogP contribution < -0.4 is 19.1 Å². The summed E-state index contributed by atoms with van der Waals surface area (Å²) in [5, 5.41) is 2.80. The Morgan fingerprint density at radius 1 is 0.900 bits per heavy atom. The van der Waals surface area contributed by atoms with Crippen LogP contribution in [0, 0.1) is 0 Å². The maximum Gasteiger partial charge on any atom is 0.264 e. The lowest BCUT2D eigenvalue weighted by Crippen LogP contribution is -2.52. The first-order chi connectivity index (χ1) is 19.3. The van der Waals surface area contributed by atoms with Gasteiger partial charge in [0.25, 0.3) is 10.0 Å². The van der Waals surface area contributed by atoms with Crippen molar-refractivity contribution in [2.45, 2.75) is 44.7 Å². The third kappa shape index (κ3) is 7.32. The molecule has 0 heterocycles. The fourth-order valence-electron chi connectivity index (χ4n) is 4.31. The molecule has 2 amide bonds. The number of carbonyl (C=O) groups excluding carboxylic acids is 2. The number of nitrogens with zero attached hydrogens (tertiary/aromatic N) is 2. The minimum Gasteiger partial charge on any atom is -0.497 e. The van der Waals surface area contributed by atoms with Crippen molar-refractivity contribution in [3.05, 3.63) is 84.4 Å². The molecule has 1 atom stereocenters. The number of sulfonamides is 1. The predicted molar refractivity (Wildman–Crippen MR) is 155 cm³/mol. The van der Waals surface area contributed by atoms with E-state index in [1.807, 2.05) is 19.1 Å². The summed E-state index contributed by atoms with van der Waals surface area (Å²) in [6.07, 6.45) is 0.342. The first-order valence-corrected chi connectivity index (χ1v) is 14.7. The highest BCUT2D eigenvalue weighted by Gasteiger charge is 2.34. The Morgan fingerprint density at radius 2 is 1.55 bits per heavy atom. The van der Waals surface area contributed by atoms with Crippen LogP contribution in [-0.4, -0.2) is 58.0 Å². The molecule has 0 aliphatic carbocycles. The molecular formula is C30H37N3O6S. The highest BCUT2D eigenvalue weighted by molar-refractivity contribution is 7.92. The summed E-state index contributed by atoms with van der Waals surface area (Å²) in [4.78, 5) is 28.6. The third-order valence-corrected chi connectivity index (χ3v) is 8.07. The van der Waals surface area contributed by atoms with Gasteiger partial charge in [0, 0.05) is 13.1 Å². The van der Waals surface area contributed by atoms with Crippen LogP contribution in [0.1, 0.15) is 32.8 Å². The molecule has 10 heteroatoms. The van der Waals surface area contributed by atoms with E-state index < -0.39 is 28.5 Å². The zero-order valence-corrected chi connectivity index (χ0v) is 24.2. The van der Waals surface area contributed by atoms with E-state index in [-0.39, 0.29) is 23.0 Å². The minimum atomic E-state index is -4.18. The molecule has 3 rings (SSSR count). The summed E-state index contributed by atoms with van der Waals surface area (Å²) < 4.78 is 40.0. The number of likely N-dealkylation sites (N-methyl/N-ethyl adjacent to an activating group) is 1. The average molecular weight is 568 g/mol. The predicted octanol–water partition coefficient (Wildman–Crippen LogP) is 4.23. The van der Waals surface area contributed by atoms with Crippen LogP contribution >= 0.6 is 0 Å². The summed E-state index contributed by atoms with van der Waals surface area (Å²) in [6.45, 7) is 5.69. The monoisotopic (exact) mass is 567 g/mol. The number of nitrogens with one attached hydrogen (secondary N) is 1. The molecular weight excluding hydrogens is 530 g/mol. The van der Waals surface area contributed by atoms with Crippen LogP contribution in [-0.2, 0) is 26.2 Å². The number of rotatable bonds is 14. The van der Waals surface area contributed by atoms with E-state index in [2.05, 4.69) is 5.32 Å². The molecule has 1 N–H and O–H groups in total. The molecule has 0 saturated carbocycles. The Morgan fingerprint density at radius 3 is 2.15 bits per heavy atom. The van der Waals surface area contributed by atoms with Crippen molar-refractivity contribution in [1.82, 2.24) is 10.2 Å². The summed E-state index contributed by atoms with van der Waals surface area (Å²) in [6, 6.07) is 21.0. The van der Waals surface area contributed by atoms with Crippen LogP contribution in [0.15, 0.2) is 83.8 Å². The molecule has 214 valence electrons. The number of amides is 2. The molecule has 0 bridgehead atoms. The molecule has 3 aromatic rings. The number of para-hydroxylation sites is 2. The summed E-state index contributed by atoms with van der Waals surface area (Å²) in [5.74, 6) is 0.151. The summed E-state index contributed by atoms with van der Waals surface area (Å²) >= 11 is 0. The van der Waals surface area contributed by atoms with Gasteiger partial charge in [0.2, 0.25) is 11.8 Å². The Hall–Kier alpha value is -4.05. The van der Waals surface area contributed by atoms with E-state index in [1.165, 1.54) is 17.0 Å². The number of anilines is 1. The van der Waals surface area contributed by atoms with Crippen molar-refractivity contribution in [2.24, 2.45) is 0 Å². The van der Waals surface area contributed by atoms with Crippen molar-refractivity contribution < 1.29 is 27.5 Å². The molecule has 40 heavy (non-hydrogen) atoms. The lowest BCUT2D eigenvalue weighted by molar-refractivity contribution is -0.140. The van der Waals surface area contributed by atoms with Gasteiger partial charge >= 0.3 is 0 Å². The third-order valence-electron chi connectivity index (χ3n) is 6.29. The van der Waals surface area contributed by atoms with E-state index in [9.17, 15) is 18.0 Å². The molecule has 3 aromatic carbocycles. The van der Waals surface area contributed by atoms with Gasteiger partial charge in [0.1, 0.15) is 24.1 Å². The van der Waals surface area contributed by atoms with Gasteiger partial charge in [0.05, 0.1) is 24.3 Å². The van der Waals surface area contributed by atoms with Crippen molar-refractivity contribution in [3.63, 3.8) is 0 Å². The fourth-order valence-corrected chi connectivity index (χ4v) is 5.76. The molecule has 0 aliphatic rings. The van der Waals surface area contributed by atoms with Gasteiger partial charge in [-0.3, -0.25) is 13.9 Å². The van der Waals surface area contributed by atoms with Gasteiger partial charge in [-0.2, -0.15) is 0 Å². The zero-order chi connectivity index (χ0) is 29.1. The fraction of sp³-hybridized carbons (Fsp3) is 0.333. The van der Waals surface area contributed by atoms with Crippen molar-refractivity contribution in [3.8, 4) is 11.5 Å². The number of hydrogen-bond acceptors (Lipinski definition) is 6. The van der Waals surface area contributed by atoms with Gasteiger partial charge in [-0.05, 0) is 62.2 Å². The Labute approximate surface area is 236 Å². The second-order valence-electron chi connectivity index (χ2n) is 8.91. The van der Waals surface area contributed by atoms with Crippen LogP contribution in [0.5, 0.6) is 11.5 Å². The average Bonchev–Trinajstić information content (AvgIpc) is 2.97. The topological polar surface area (TPSA) is 105 Å². The van der Waals surface area contributed by atoms with Gasteiger partial charge in [-0.25, -0.2) is 8.42 Å². The lowest BCUT2D eigenvalue weighted by atomic mass is 10.1. The van der Waals surface area contributed by atoms with E-state index >= 15 is 0 Å². The second kappa shape index (κ2) is 14.4. The molecule has 0 unspecified atom stereocenters. The van der Waals surface area contributed by atoms with E-state index in [4.69, 9.17) is 9.47 Å². The molecule has 0 spiro atoms. The van der Waals surface area contributed by atoms with Crippen molar-refractivity contribution >= 4 is 27.5 Å². The number of methoxy groups -OCH3 is 1. The molecule has 9 nitrogen and oxygen atoms in total. The number of carbonyl (C=O) groups is 2. The smallest absolute Gasteiger partial charge is 0.264 e. The standard InChI is InChI=1S/C30H37N3O6S/c1-5-26(30(35)31-6-2)32(21-23-17-19-24(38-4)20-18-23)29(34)22-33(27-15-11-12-16-28(27)39-7-3)40(36,37)25-13-9-8-10-14-25/h8-20,26H,5-7,21-22H2,1-4H3,(H,31,35)/t26-/m1/s1. The molecule has 0 radical (unpaired) electrons. The van der Waals surface area contributed by atoms with E-state index in [1.54, 1.807) is 75.6 Å². The largest absolute Gasteiger partial charge is 0.497 e. The van der Waals surface area contributed by atoms with E-state index in [0.29, 0.717) is 31.1 Å². The van der Waals surface area contributed by atoms with Crippen LogP contribution in [0.25, 0.3) is 0 Å². The number of ether oxygens (including phenoxy) is 2. The molecule has 0 saturated heterocycles. The number of benzene rings is 3. The summed E-state index contributed by atoms with van der Waals surface area (Å²) in [5.41, 5.74) is 1.00. The van der Waals surface area contributed by atoms with Gasteiger partial charge in [-0.15, -0.1) is 0 Å². The van der Waals surface area contributed by atoms with E-state index in [0.717, 1.165) is 9.87 Å². The maximum absolute atomic E-state index is 14.1. The molecule has 0 fully saturated rings. The number of hydrogen-bond donors (Lipinski definition) is 1. The quantitative estimate of drug-likeness (QED) is 0.313. The van der Waals surface area contributed by atoms with Gasteiger partial charge in [0.15, 0.2) is 0 Å². The van der Waals surface area contributed by atoms with Gasteiger partial charge < -0.3 is 19.7 Å². The van der Waals surface area contributed by atoms with Crippen LogP contribution in [0.3, 0.4) is 0 Å². The second-order valence-corrected chi connectivity index (χ2v) is 10.8. The lowest BCUT2D eigenvalue weighted by Gasteiger charge is -2.33. The first kappa shape index (κ1) is 30.5.